The first-order chi connectivity index (χ1) is 15.3. The van der Waals surface area contributed by atoms with Gasteiger partial charge in [0.15, 0.2) is 6.04 Å². The van der Waals surface area contributed by atoms with E-state index in [1.165, 1.54) is 0 Å². The molecule has 3 amide bonds. The quantitative estimate of drug-likeness (QED) is 0.408. The standard InChI is InChI=1S/C18H19F7N4O4/c19-12(20)6-28(8-18(23,24)25)14(16(26)31)17(32)27-9-1-2-11(10(5-9)15(21)22)29-3-4-33-7-13(29)30/h1-2,5,12,14-15H,3-4,6-8H2,(H2,26,31)(H,27,32)/t14-/m1/s1. The van der Waals surface area contributed by atoms with Gasteiger partial charge in [-0.1, -0.05) is 0 Å². The van der Waals surface area contributed by atoms with Crippen LogP contribution in [0.3, 0.4) is 0 Å². The number of rotatable bonds is 9. The second kappa shape index (κ2) is 10.8. The minimum absolute atomic E-state index is 0.0198. The summed E-state index contributed by atoms with van der Waals surface area (Å²) in [4.78, 5) is 36.9. The fourth-order valence-corrected chi connectivity index (χ4v) is 3.18. The van der Waals surface area contributed by atoms with Gasteiger partial charge in [0.25, 0.3) is 24.7 Å². The number of anilines is 2. The third-order valence-corrected chi connectivity index (χ3v) is 4.44. The maximum Gasteiger partial charge on any atom is 0.401 e. The second-order valence-corrected chi connectivity index (χ2v) is 6.90. The monoisotopic (exact) mass is 488 g/mol. The van der Waals surface area contributed by atoms with Crippen LogP contribution in [0, 0.1) is 0 Å². The van der Waals surface area contributed by atoms with Crippen molar-refractivity contribution in [1.82, 2.24) is 4.90 Å². The zero-order chi connectivity index (χ0) is 24.9. The summed E-state index contributed by atoms with van der Waals surface area (Å²) in [6, 6.07) is 0.406. The van der Waals surface area contributed by atoms with E-state index in [0.717, 1.165) is 23.1 Å². The lowest BCUT2D eigenvalue weighted by molar-refractivity contribution is -0.160. The number of hydrogen-bond donors (Lipinski definition) is 2. The molecule has 0 unspecified atom stereocenters. The Morgan fingerprint density at radius 1 is 1.21 bits per heavy atom. The summed E-state index contributed by atoms with van der Waals surface area (Å²) in [6.45, 7) is -3.90. The van der Waals surface area contributed by atoms with Crippen LogP contribution in [0.5, 0.6) is 0 Å². The Kier molecular flexibility index (Phi) is 8.60. The van der Waals surface area contributed by atoms with Crippen LogP contribution in [0.25, 0.3) is 0 Å². The molecule has 1 aliphatic heterocycles. The second-order valence-electron chi connectivity index (χ2n) is 6.90. The molecular formula is C18H19F7N4O4. The van der Waals surface area contributed by atoms with E-state index >= 15 is 0 Å². The lowest BCUT2D eigenvalue weighted by Gasteiger charge is -2.30. The third kappa shape index (κ3) is 7.28. The number of carbonyl (C=O) groups excluding carboxylic acids is 3. The molecule has 1 aliphatic rings. The van der Waals surface area contributed by atoms with Gasteiger partial charge >= 0.3 is 6.18 Å². The van der Waals surface area contributed by atoms with Gasteiger partial charge in [0, 0.05) is 17.8 Å². The van der Waals surface area contributed by atoms with Crippen LogP contribution in [0.2, 0.25) is 0 Å². The molecule has 1 aromatic rings. The van der Waals surface area contributed by atoms with Crippen molar-refractivity contribution in [1.29, 1.82) is 0 Å². The summed E-state index contributed by atoms with van der Waals surface area (Å²) in [5.41, 5.74) is 3.72. The van der Waals surface area contributed by atoms with Crippen molar-refractivity contribution in [2.24, 2.45) is 5.73 Å². The van der Waals surface area contributed by atoms with Gasteiger partial charge in [-0.05, 0) is 18.2 Å². The number of benzene rings is 1. The van der Waals surface area contributed by atoms with E-state index in [-0.39, 0.29) is 36.0 Å². The van der Waals surface area contributed by atoms with Crippen LogP contribution in [0.1, 0.15) is 12.0 Å². The van der Waals surface area contributed by atoms with Gasteiger partial charge in [0.1, 0.15) is 6.61 Å². The fraction of sp³-hybridized carbons (Fsp3) is 0.500. The van der Waals surface area contributed by atoms with E-state index in [0.29, 0.717) is 0 Å². The number of morpholine rings is 1. The van der Waals surface area contributed by atoms with E-state index in [4.69, 9.17) is 10.5 Å². The highest BCUT2D eigenvalue weighted by atomic mass is 19.4. The molecule has 1 aromatic carbocycles. The number of amides is 3. The van der Waals surface area contributed by atoms with Crippen LogP contribution >= 0.6 is 0 Å². The van der Waals surface area contributed by atoms with Crippen molar-refractivity contribution in [2.45, 2.75) is 25.1 Å². The molecule has 33 heavy (non-hydrogen) atoms. The Morgan fingerprint density at radius 2 is 1.88 bits per heavy atom. The lowest BCUT2D eigenvalue weighted by Crippen LogP contribution is -2.55. The largest absolute Gasteiger partial charge is 0.401 e. The maximum atomic E-state index is 13.6. The highest BCUT2D eigenvalue weighted by Crippen LogP contribution is 2.33. The van der Waals surface area contributed by atoms with Crippen molar-refractivity contribution in [3.05, 3.63) is 23.8 Å². The van der Waals surface area contributed by atoms with Crippen LogP contribution in [0.4, 0.5) is 42.1 Å². The summed E-state index contributed by atoms with van der Waals surface area (Å²) >= 11 is 0. The molecule has 3 N–H and O–H groups in total. The summed E-state index contributed by atoms with van der Waals surface area (Å²) < 4.78 is 95.9. The molecule has 2 rings (SSSR count). The molecule has 1 fully saturated rings. The average molecular weight is 488 g/mol. The number of carbonyl (C=O) groups is 3. The zero-order valence-electron chi connectivity index (χ0n) is 16.8. The van der Waals surface area contributed by atoms with E-state index in [1.54, 1.807) is 0 Å². The van der Waals surface area contributed by atoms with E-state index < -0.39 is 61.4 Å². The van der Waals surface area contributed by atoms with Gasteiger partial charge in [0.2, 0.25) is 5.91 Å². The third-order valence-electron chi connectivity index (χ3n) is 4.44. The lowest BCUT2D eigenvalue weighted by atomic mass is 10.1. The Balaban J connectivity index is 2.32. The van der Waals surface area contributed by atoms with E-state index in [9.17, 15) is 45.1 Å². The number of primary amides is 1. The maximum absolute atomic E-state index is 13.6. The predicted molar refractivity (Wildman–Crippen MR) is 99.8 cm³/mol. The molecule has 0 aromatic heterocycles. The summed E-state index contributed by atoms with van der Waals surface area (Å²) in [5, 5.41) is 1.94. The average Bonchev–Trinajstić information content (AvgIpc) is 2.66. The van der Waals surface area contributed by atoms with Gasteiger partial charge < -0.3 is 20.7 Å². The topological polar surface area (TPSA) is 105 Å². The molecule has 0 saturated carbocycles. The number of nitrogens with one attached hydrogen (secondary N) is 1. The molecule has 0 spiro atoms. The summed E-state index contributed by atoms with van der Waals surface area (Å²) in [5.74, 6) is -3.77. The van der Waals surface area contributed by atoms with Crippen molar-refractivity contribution >= 4 is 29.1 Å². The van der Waals surface area contributed by atoms with E-state index in [2.05, 4.69) is 0 Å². The molecule has 1 saturated heterocycles. The molecule has 15 heteroatoms. The number of alkyl halides is 7. The van der Waals surface area contributed by atoms with Gasteiger partial charge in [-0.15, -0.1) is 0 Å². The van der Waals surface area contributed by atoms with Crippen molar-refractivity contribution < 1.29 is 49.9 Å². The summed E-state index contributed by atoms with van der Waals surface area (Å²) in [6.07, 6.45) is -11.5. The molecule has 0 aliphatic carbocycles. The molecule has 184 valence electrons. The van der Waals surface area contributed by atoms with Crippen molar-refractivity contribution in [3.63, 3.8) is 0 Å². The summed E-state index contributed by atoms with van der Waals surface area (Å²) in [7, 11) is 0. The Hall–Kier alpha value is -2.94. The molecule has 1 atom stereocenters. The van der Waals surface area contributed by atoms with Crippen LogP contribution in [-0.4, -0.2) is 74.1 Å². The number of halogens is 7. The number of nitrogens with zero attached hydrogens (tertiary/aromatic N) is 2. The minimum Gasteiger partial charge on any atom is -0.370 e. The van der Waals surface area contributed by atoms with Gasteiger partial charge in [-0.3, -0.25) is 19.3 Å². The van der Waals surface area contributed by atoms with Crippen LogP contribution < -0.4 is 16.0 Å². The van der Waals surface area contributed by atoms with Crippen LogP contribution in [-0.2, 0) is 19.1 Å². The molecule has 8 nitrogen and oxygen atoms in total. The highest BCUT2D eigenvalue weighted by Gasteiger charge is 2.40. The molecular weight excluding hydrogens is 469 g/mol. The van der Waals surface area contributed by atoms with Gasteiger partial charge in [-0.25, -0.2) is 17.6 Å². The van der Waals surface area contributed by atoms with E-state index in [1.807, 2.05) is 5.32 Å². The predicted octanol–water partition coefficient (Wildman–Crippen LogP) is 1.91. The Labute approximate surface area is 182 Å². The van der Waals surface area contributed by atoms with Gasteiger partial charge in [0.05, 0.1) is 25.4 Å². The molecule has 1 heterocycles. The van der Waals surface area contributed by atoms with Gasteiger partial charge in [-0.2, -0.15) is 13.2 Å². The van der Waals surface area contributed by atoms with Crippen molar-refractivity contribution in [2.75, 3.05) is 43.1 Å². The number of ether oxygens (including phenoxy) is 1. The fourth-order valence-electron chi connectivity index (χ4n) is 3.18. The van der Waals surface area contributed by atoms with Crippen molar-refractivity contribution in [3.8, 4) is 0 Å². The minimum atomic E-state index is -5.04. The smallest absolute Gasteiger partial charge is 0.370 e. The zero-order valence-corrected chi connectivity index (χ0v) is 16.8. The highest BCUT2D eigenvalue weighted by molar-refractivity contribution is 6.09. The normalized spacial score (nSPS) is 15.9. The molecule has 0 radical (unpaired) electrons. The molecule has 0 bridgehead atoms. The van der Waals surface area contributed by atoms with Crippen LogP contribution in [0.15, 0.2) is 18.2 Å². The number of nitrogens with two attached hydrogens (primary N) is 1. The first-order valence-electron chi connectivity index (χ1n) is 9.29. The Bertz CT molecular complexity index is 882. The SMILES string of the molecule is NC(=O)[C@H](C(=O)Nc1ccc(N2CCOCC2=O)c(C(F)F)c1)N(CC(F)F)CC(F)(F)F. The first kappa shape index (κ1) is 26.3. The first-order valence-corrected chi connectivity index (χ1v) is 9.29. The Morgan fingerprint density at radius 3 is 2.39 bits per heavy atom. The number of hydrogen-bond acceptors (Lipinski definition) is 5.